The van der Waals surface area contributed by atoms with Crippen LogP contribution in [0, 0.1) is 12.3 Å². The second kappa shape index (κ2) is 3.85. The molecule has 1 atom stereocenters. The quantitative estimate of drug-likeness (QED) is 0.786. The summed E-state index contributed by atoms with van der Waals surface area (Å²) in [6.45, 7) is 6.72. The summed E-state index contributed by atoms with van der Waals surface area (Å²) >= 11 is 0. The predicted molar refractivity (Wildman–Crippen MR) is 67.1 cm³/mol. The molecular weight excluding hydrogens is 196 g/mol. The van der Waals surface area contributed by atoms with Crippen LogP contribution in [0.5, 0.6) is 0 Å². The molecule has 2 rings (SSSR count). The van der Waals surface area contributed by atoms with Gasteiger partial charge in [0.1, 0.15) is 0 Å². The Morgan fingerprint density at radius 1 is 1.25 bits per heavy atom. The lowest BCUT2D eigenvalue weighted by atomic mass is 9.60. The van der Waals surface area contributed by atoms with E-state index in [0.717, 1.165) is 6.42 Å². The molecule has 2 nitrogen and oxygen atoms in total. The third-order valence-corrected chi connectivity index (χ3v) is 4.35. The van der Waals surface area contributed by atoms with Gasteiger partial charge in [-0.3, -0.25) is 4.98 Å². The normalized spacial score (nSPS) is 29.0. The van der Waals surface area contributed by atoms with Crippen LogP contribution >= 0.6 is 0 Å². The van der Waals surface area contributed by atoms with Crippen molar-refractivity contribution in [1.82, 2.24) is 4.98 Å². The van der Waals surface area contributed by atoms with Crippen molar-refractivity contribution in [2.75, 3.05) is 0 Å². The van der Waals surface area contributed by atoms with Crippen LogP contribution in [-0.4, -0.2) is 4.98 Å². The standard InChI is InChI=1S/C14H22N2/c1-11-6-9-16-10-12(11)14(15)8-5-4-7-13(14,2)3/h6,9-10H,4-5,7-8,15H2,1-3H3. The van der Waals surface area contributed by atoms with E-state index in [0.29, 0.717) is 0 Å². The number of hydrogen-bond acceptors (Lipinski definition) is 2. The number of nitrogens with zero attached hydrogens (tertiary/aromatic N) is 1. The van der Waals surface area contributed by atoms with Crippen LogP contribution in [-0.2, 0) is 5.54 Å². The molecule has 1 unspecified atom stereocenters. The third kappa shape index (κ3) is 1.65. The van der Waals surface area contributed by atoms with Crippen molar-refractivity contribution in [2.24, 2.45) is 11.1 Å². The predicted octanol–water partition coefficient (Wildman–Crippen LogP) is 3.14. The van der Waals surface area contributed by atoms with E-state index in [1.54, 1.807) is 0 Å². The summed E-state index contributed by atoms with van der Waals surface area (Å²) in [5, 5.41) is 0. The molecule has 1 aliphatic carbocycles. The maximum Gasteiger partial charge on any atom is 0.0479 e. The number of pyridine rings is 1. The van der Waals surface area contributed by atoms with Gasteiger partial charge in [0, 0.05) is 17.9 Å². The SMILES string of the molecule is Cc1ccncc1C1(N)CCCCC1(C)C. The zero-order valence-electron chi connectivity index (χ0n) is 10.6. The number of aromatic nitrogens is 1. The molecule has 2 N–H and O–H groups in total. The van der Waals surface area contributed by atoms with Gasteiger partial charge in [0.15, 0.2) is 0 Å². The summed E-state index contributed by atoms with van der Waals surface area (Å²) in [7, 11) is 0. The Hall–Kier alpha value is -0.890. The minimum Gasteiger partial charge on any atom is -0.321 e. The molecule has 0 radical (unpaired) electrons. The Kier molecular flexibility index (Phi) is 2.79. The van der Waals surface area contributed by atoms with Crippen LogP contribution in [0.3, 0.4) is 0 Å². The molecule has 0 bridgehead atoms. The highest BCUT2D eigenvalue weighted by Gasteiger charge is 2.45. The van der Waals surface area contributed by atoms with Gasteiger partial charge in [-0.05, 0) is 42.4 Å². The molecule has 1 aromatic rings. The molecule has 1 saturated carbocycles. The lowest BCUT2D eigenvalue weighted by Crippen LogP contribution is -2.52. The second-order valence-electron chi connectivity index (χ2n) is 5.75. The van der Waals surface area contributed by atoms with Gasteiger partial charge in [-0.15, -0.1) is 0 Å². The minimum atomic E-state index is -0.205. The molecule has 1 heterocycles. The molecule has 0 spiro atoms. The van der Waals surface area contributed by atoms with E-state index in [9.17, 15) is 0 Å². The molecule has 2 heteroatoms. The molecule has 1 aromatic heterocycles. The Balaban J connectivity index is 2.48. The largest absolute Gasteiger partial charge is 0.321 e. The average molecular weight is 218 g/mol. The molecule has 0 amide bonds. The molecule has 1 fully saturated rings. The smallest absolute Gasteiger partial charge is 0.0479 e. The van der Waals surface area contributed by atoms with E-state index < -0.39 is 0 Å². The van der Waals surface area contributed by atoms with E-state index >= 15 is 0 Å². The van der Waals surface area contributed by atoms with Crippen molar-refractivity contribution >= 4 is 0 Å². The number of aryl methyl sites for hydroxylation is 1. The van der Waals surface area contributed by atoms with E-state index in [1.807, 2.05) is 12.4 Å². The van der Waals surface area contributed by atoms with E-state index in [4.69, 9.17) is 5.73 Å². The third-order valence-electron chi connectivity index (χ3n) is 4.35. The van der Waals surface area contributed by atoms with E-state index in [2.05, 4.69) is 31.8 Å². The van der Waals surface area contributed by atoms with Gasteiger partial charge < -0.3 is 5.73 Å². The van der Waals surface area contributed by atoms with Crippen LogP contribution < -0.4 is 5.73 Å². The highest BCUT2D eigenvalue weighted by Crippen LogP contribution is 2.48. The van der Waals surface area contributed by atoms with Crippen LogP contribution in [0.25, 0.3) is 0 Å². The van der Waals surface area contributed by atoms with E-state index in [-0.39, 0.29) is 11.0 Å². The molecule has 0 aromatic carbocycles. The topological polar surface area (TPSA) is 38.9 Å². The maximum absolute atomic E-state index is 6.72. The Bertz CT molecular complexity index is 384. The zero-order valence-corrected chi connectivity index (χ0v) is 10.6. The molecule has 1 aliphatic rings. The first-order chi connectivity index (χ1) is 7.47. The molecule has 0 saturated heterocycles. The lowest BCUT2D eigenvalue weighted by Gasteiger charge is -2.48. The first-order valence-corrected chi connectivity index (χ1v) is 6.17. The van der Waals surface area contributed by atoms with E-state index in [1.165, 1.54) is 30.4 Å². The number of nitrogens with two attached hydrogens (primary N) is 1. The Morgan fingerprint density at radius 3 is 2.56 bits per heavy atom. The van der Waals surface area contributed by atoms with Gasteiger partial charge in [0.05, 0.1) is 0 Å². The van der Waals surface area contributed by atoms with Gasteiger partial charge in [0.2, 0.25) is 0 Å². The highest BCUT2D eigenvalue weighted by molar-refractivity contribution is 5.32. The lowest BCUT2D eigenvalue weighted by molar-refractivity contribution is 0.0969. The molecule has 88 valence electrons. The van der Waals surface area contributed by atoms with Crippen molar-refractivity contribution in [2.45, 2.75) is 52.0 Å². The molecule has 0 aliphatic heterocycles. The van der Waals surface area contributed by atoms with Crippen LogP contribution in [0.1, 0.15) is 50.7 Å². The fourth-order valence-electron chi connectivity index (χ4n) is 2.96. The van der Waals surface area contributed by atoms with Gasteiger partial charge >= 0.3 is 0 Å². The van der Waals surface area contributed by atoms with Crippen LogP contribution in [0.15, 0.2) is 18.5 Å². The van der Waals surface area contributed by atoms with Crippen molar-refractivity contribution in [1.29, 1.82) is 0 Å². The van der Waals surface area contributed by atoms with Crippen molar-refractivity contribution < 1.29 is 0 Å². The van der Waals surface area contributed by atoms with Crippen molar-refractivity contribution in [3.63, 3.8) is 0 Å². The van der Waals surface area contributed by atoms with Crippen molar-refractivity contribution in [3.8, 4) is 0 Å². The van der Waals surface area contributed by atoms with Gasteiger partial charge in [-0.1, -0.05) is 26.7 Å². The molecule has 16 heavy (non-hydrogen) atoms. The summed E-state index contributed by atoms with van der Waals surface area (Å²) < 4.78 is 0. The Labute approximate surface area is 98.3 Å². The summed E-state index contributed by atoms with van der Waals surface area (Å²) in [6, 6.07) is 2.06. The van der Waals surface area contributed by atoms with Crippen LogP contribution in [0.2, 0.25) is 0 Å². The number of hydrogen-bond donors (Lipinski definition) is 1. The fourth-order valence-corrected chi connectivity index (χ4v) is 2.96. The van der Waals surface area contributed by atoms with Gasteiger partial charge in [-0.25, -0.2) is 0 Å². The van der Waals surface area contributed by atoms with Gasteiger partial charge in [0.25, 0.3) is 0 Å². The monoisotopic (exact) mass is 218 g/mol. The fraction of sp³-hybridized carbons (Fsp3) is 0.643. The first kappa shape index (κ1) is 11.6. The highest BCUT2D eigenvalue weighted by atomic mass is 14.8. The average Bonchev–Trinajstić information content (AvgIpc) is 2.23. The first-order valence-electron chi connectivity index (χ1n) is 6.17. The Morgan fingerprint density at radius 2 is 1.94 bits per heavy atom. The minimum absolute atomic E-state index is 0.166. The summed E-state index contributed by atoms with van der Waals surface area (Å²) in [5.74, 6) is 0. The summed E-state index contributed by atoms with van der Waals surface area (Å²) in [6.07, 6.45) is 8.62. The zero-order chi connectivity index (χ0) is 11.8. The number of rotatable bonds is 1. The van der Waals surface area contributed by atoms with Crippen LogP contribution in [0.4, 0.5) is 0 Å². The summed E-state index contributed by atoms with van der Waals surface area (Å²) in [5.41, 5.74) is 9.19. The second-order valence-corrected chi connectivity index (χ2v) is 5.75. The maximum atomic E-state index is 6.72. The summed E-state index contributed by atoms with van der Waals surface area (Å²) in [4.78, 5) is 4.25. The van der Waals surface area contributed by atoms with Crippen molar-refractivity contribution in [3.05, 3.63) is 29.6 Å². The molecular formula is C14H22N2. The van der Waals surface area contributed by atoms with Gasteiger partial charge in [-0.2, -0.15) is 0 Å².